The third-order valence-corrected chi connectivity index (χ3v) is 7.09. The number of nitrogens with zero attached hydrogens (tertiary/aromatic N) is 2. The molecule has 0 amide bonds. The first-order valence-corrected chi connectivity index (χ1v) is 11.7. The Bertz CT molecular complexity index is 908. The zero-order valence-electron chi connectivity index (χ0n) is 18.6. The highest BCUT2D eigenvalue weighted by atomic mass is 35.5. The fourth-order valence-electron chi connectivity index (χ4n) is 4.61. The highest BCUT2D eigenvalue weighted by Gasteiger charge is 2.38. The Balaban J connectivity index is 1.24. The van der Waals surface area contributed by atoms with Gasteiger partial charge in [-0.15, -0.1) is 0 Å². The molecule has 2 aromatic rings. The van der Waals surface area contributed by atoms with Crippen molar-refractivity contribution in [2.24, 2.45) is 0 Å². The van der Waals surface area contributed by atoms with Crippen LogP contribution in [0.4, 0.5) is 10.1 Å². The van der Waals surface area contributed by atoms with Crippen molar-refractivity contribution in [1.29, 1.82) is 0 Å². The van der Waals surface area contributed by atoms with Crippen molar-refractivity contribution in [3.05, 3.63) is 58.9 Å². The van der Waals surface area contributed by atoms with E-state index in [0.29, 0.717) is 56.1 Å². The molecule has 2 fully saturated rings. The summed E-state index contributed by atoms with van der Waals surface area (Å²) < 4.78 is 19.0. The first-order chi connectivity index (χ1) is 15.2. The Morgan fingerprint density at radius 2 is 1.56 bits per heavy atom. The number of hydrogen-bond acceptors (Lipinski definition) is 5. The number of piperidine rings is 2. The van der Waals surface area contributed by atoms with E-state index in [4.69, 9.17) is 16.3 Å². The van der Waals surface area contributed by atoms with Gasteiger partial charge in [0.05, 0.1) is 10.6 Å². The molecule has 174 valence electrons. The summed E-state index contributed by atoms with van der Waals surface area (Å²) in [5.74, 6) is 0.365. The molecule has 0 unspecified atom stereocenters. The van der Waals surface area contributed by atoms with E-state index in [0.717, 1.165) is 24.3 Å². The molecule has 0 spiro atoms. The molecule has 2 aliphatic rings. The van der Waals surface area contributed by atoms with Crippen LogP contribution in [0.15, 0.2) is 42.5 Å². The highest BCUT2D eigenvalue weighted by molar-refractivity contribution is 6.32. The van der Waals surface area contributed by atoms with Gasteiger partial charge in [-0.25, -0.2) is 4.39 Å². The van der Waals surface area contributed by atoms with Gasteiger partial charge < -0.3 is 24.7 Å². The standard InChI is InChI=1S/C25H32ClFN2O3/c1-19-2-7-22(26)23(16-19)32-18-25(31)8-12-28(13-9-25)17-24(30)10-14-29(15-11-24)21-5-3-20(27)4-6-21/h2-7,16,30-31H,8-15,17-18H2,1H3. The van der Waals surface area contributed by atoms with Crippen LogP contribution in [0.5, 0.6) is 5.75 Å². The van der Waals surface area contributed by atoms with E-state index in [1.165, 1.54) is 12.1 Å². The number of aryl methyl sites for hydroxylation is 1. The summed E-state index contributed by atoms with van der Waals surface area (Å²) in [5, 5.41) is 22.7. The van der Waals surface area contributed by atoms with E-state index in [2.05, 4.69) is 9.80 Å². The van der Waals surface area contributed by atoms with E-state index >= 15 is 0 Å². The van der Waals surface area contributed by atoms with E-state index in [1.54, 1.807) is 18.2 Å². The second-order valence-corrected chi connectivity index (χ2v) is 9.82. The Morgan fingerprint density at radius 3 is 2.22 bits per heavy atom. The number of anilines is 1. The molecule has 0 aromatic heterocycles. The normalized spacial score (nSPS) is 20.8. The Morgan fingerprint density at radius 1 is 0.938 bits per heavy atom. The summed E-state index contributed by atoms with van der Waals surface area (Å²) in [6.07, 6.45) is 2.52. The van der Waals surface area contributed by atoms with Crippen molar-refractivity contribution in [3.63, 3.8) is 0 Å². The third-order valence-electron chi connectivity index (χ3n) is 6.77. The average molecular weight is 463 g/mol. The number of ether oxygens (including phenoxy) is 1. The number of benzene rings is 2. The molecule has 32 heavy (non-hydrogen) atoms. The molecule has 5 nitrogen and oxygen atoms in total. The molecular weight excluding hydrogens is 431 g/mol. The van der Waals surface area contributed by atoms with Crippen molar-refractivity contribution in [2.45, 2.75) is 43.8 Å². The number of aliphatic hydroxyl groups is 2. The van der Waals surface area contributed by atoms with Crippen LogP contribution in [-0.4, -0.2) is 65.6 Å². The van der Waals surface area contributed by atoms with E-state index < -0.39 is 11.2 Å². The number of rotatable bonds is 6. The highest BCUT2D eigenvalue weighted by Crippen LogP contribution is 2.31. The van der Waals surface area contributed by atoms with Crippen LogP contribution in [0.1, 0.15) is 31.2 Å². The van der Waals surface area contributed by atoms with Gasteiger partial charge in [-0.1, -0.05) is 17.7 Å². The molecule has 0 atom stereocenters. The van der Waals surface area contributed by atoms with Gasteiger partial charge in [0.1, 0.15) is 23.8 Å². The molecule has 4 rings (SSSR count). The van der Waals surface area contributed by atoms with Gasteiger partial charge in [-0.2, -0.15) is 0 Å². The summed E-state index contributed by atoms with van der Waals surface area (Å²) in [7, 11) is 0. The summed E-state index contributed by atoms with van der Waals surface area (Å²) in [6, 6.07) is 12.1. The minimum atomic E-state index is -0.891. The Labute approximate surface area is 194 Å². The predicted octanol–water partition coefficient (Wildman–Crippen LogP) is 4.02. The van der Waals surface area contributed by atoms with E-state index in [9.17, 15) is 14.6 Å². The lowest BCUT2D eigenvalue weighted by Crippen LogP contribution is -2.55. The average Bonchev–Trinajstić information content (AvgIpc) is 2.77. The number of likely N-dealkylation sites (tertiary alicyclic amines) is 1. The summed E-state index contributed by atoms with van der Waals surface area (Å²) in [4.78, 5) is 4.43. The summed E-state index contributed by atoms with van der Waals surface area (Å²) in [6.45, 7) is 5.70. The van der Waals surface area contributed by atoms with Crippen LogP contribution in [0, 0.1) is 12.7 Å². The SMILES string of the molecule is Cc1ccc(Cl)c(OCC2(O)CCN(CC3(O)CCN(c4ccc(F)cc4)CC3)CC2)c1. The van der Waals surface area contributed by atoms with Gasteiger partial charge >= 0.3 is 0 Å². The third kappa shape index (κ3) is 5.73. The second kappa shape index (κ2) is 9.56. The van der Waals surface area contributed by atoms with Crippen molar-refractivity contribution in [1.82, 2.24) is 4.90 Å². The first kappa shape index (κ1) is 23.3. The minimum absolute atomic E-state index is 0.209. The van der Waals surface area contributed by atoms with Crippen LogP contribution in [-0.2, 0) is 0 Å². The maximum atomic E-state index is 13.2. The van der Waals surface area contributed by atoms with Crippen LogP contribution in [0.25, 0.3) is 0 Å². The number of halogens is 2. The van der Waals surface area contributed by atoms with Crippen LogP contribution >= 0.6 is 11.6 Å². The topological polar surface area (TPSA) is 56.2 Å². The fourth-order valence-corrected chi connectivity index (χ4v) is 4.78. The minimum Gasteiger partial charge on any atom is -0.489 e. The molecule has 2 aromatic carbocycles. The predicted molar refractivity (Wildman–Crippen MR) is 125 cm³/mol. The van der Waals surface area contributed by atoms with Gasteiger partial charge in [0.2, 0.25) is 0 Å². The molecule has 2 saturated heterocycles. The van der Waals surface area contributed by atoms with E-state index in [-0.39, 0.29) is 12.4 Å². The van der Waals surface area contributed by atoms with Crippen molar-refractivity contribution in [2.75, 3.05) is 44.2 Å². The zero-order chi connectivity index (χ0) is 22.8. The van der Waals surface area contributed by atoms with Gasteiger partial charge in [0.15, 0.2) is 0 Å². The molecule has 2 heterocycles. The molecular formula is C25H32ClFN2O3. The van der Waals surface area contributed by atoms with Crippen LogP contribution in [0.3, 0.4) is 0 Å². The van der Waals surface area contributed by atoms with Gasteiger partial charge in [-0.05, 0) is 74.6 Å². The second-order valence-electron chi connectivity index (χ2n) is 9.41. The Hall–Kier alpha value is -1.86. The largest absolute Gasteiger partial charge is 0.489 e. The first-order valence-electron chi connectivity index (χ1n) is 11.3. The number of hydrogen-bond donors (Lipinski definition) is 2. The molecule has 0 bridgehead atoms. The van der Waals surface area contributed by atoms with Gasteiger partial charge in [-0.3, -0.25) is 0 Å². The molecule has 2 aliphatic heterocycles. The summed E-state index contributed by atoms with van der Waals surface area (Å²) >= 11 is 6.20. The van der Waals surface area contributed by atoms with E-state index in [1.807, 2.05) is 19.1 Å². The molecule has 0 saturated carbocycles. The van der Waals surface area contributed by atoms with Gasteiger partial charge in [0, 0.05) is 38.4 Å². The lowest BCUT2D eigenvalue weighted by atomic mass is 9.87. The maximum absolute atomic E-state index is 13.2. The molecule has 0 aliphatic carbocycles. The smallest absolute Gasteiger partial charge is 0.138 e. The van der Waals surface area contributed by atoms with Crippen LogP contribution < -0.4 is 9.64 Å². The monoisotopic (exact) mass is 462 g/mol. The van der Waals surface area contributed by atoms with Crippen molar-refractivity contribution < 1.29 is 19.3 Å². The lowest BCUT2D eigenvalue weighted by molar-refractivity contribution is -0.0747. The Kier molecular flexibility index (Phi) is 6.96. The number of β-amino-alcohol motifs (C(OH)–C–C–N with tert-alkyl or cyclic N) is 1. The zero-order valence-corrected chi connectivity index (χ0v) is 19.3. The maximum Gasteiger partial charge on any atom is 0.138 e. The fraction of sp³-hybridized carbons (Fsp3) is 0.520. The van der Waals surface area contributed by atoms with Gasteiger partial charge in [0.25, 0.3) is 0 Å². The quantitative estimate of drug-likeness (QED) is 0.679. The molecule has 2 N–H and O–H groups in total. The van der Waals surface area contributed by atoms with Crippen molar-refractivity contribution >= 4 is 17.3 Å². The van der Waals surface area contributed by atoms with Crippen molar-refractivity contribution in [3.8, 4) is 5.75 Å². The van der Waals surface area contributed by atoms with Crippen LogP contribution in [0.2, 0.25) is 5.02 Å². The molecule has 7 heteroatoms. The summed E-state index contributed by atoms with van der Waals surface area (Å²) in [5.41, 5.74) is 0.422. The lowest BCUT2D eigenvalue weighted by Gasteiger charge is -2.44. The molecule has 0 radical (unpaired) electrons.